The fourth-order valence-corrected chi connectivity index (χ4v) is 5.06. The number of ether oxygens (including phenoxy) is 2. The molecule has 0 saturated carbocycles. The van der Waals surface area contributed by atoms with E-state index in [1.54, 1.807) is 13.8 Å². The highest BCUT2D eigenvalue weighted by Crippen LogP contribution is 2.45. The van der Waals surface area contributed by atoms with Crippen LogP contribution >= 0.6 is 0 Å². The van der Waals surface area contributed by atoms with Gasteiger partial charge in [0.2, 0.25) is 0 Å². The van der Waals surface area contributed by atoms with Crippen LogP contribution in [0.15, 0.2) is 48.5 Å². The maximum atomic E-state index is 14.7. The quantitative estimate of drug-likeness (QED) is 0.253. The third-order valence-electron chi connectivity index (χ3n) is 7.31. The number of cyclic esters (lactones) is 1. The fourth-order valence-electron chi connectivity index (χ4n) is 5.06. The topological polar surface area (TPSA) is 38.8 Å². The molecule has 1 aliphatic heterocycles. The van der Waals surface area contributed by atoms with Gasteiger partial charge in [0.15, 0.2) is 0 Å². The summed E-state index contributed by atoms with van der Waals surface area (Å²) in [6.07, 6.45) is -17.7. The molecular formula is C30H25F10NO3. The summed E-state index contributed by atoms with van der Waals surface area (Å²) in [5.41, 5.74) is -4.53. The molecule has 1 aliphatic rings. The Morgan fingerprint density at radius 3 is 1.89 bits per heavy atom. The molecule has 1 heterocycles. The van der Waals surface area contributed by atoms with Gasteiger partial charge in [0.25, 0.3) is 0 Å². The second kappa shape index (κ2) is 11.5. The first-order valence-corrected chi connectivity index (χ1v) is 13.1. The van der Waals surface area contributed by atoms with E-state index in [-0.39, 0.29) is 40.0 Å². The van der Waals surface area contributed by atoms with Crippen LogP contribution in [-0.4, -0.2) is 24.1 Å². The van der Waals surface area contributed by atoms with Crippen molar-refractivity contribution in [2.75, 3.05) is 7.11 Å². The Morgan fingerprint density at radius 1 is 0.818 bits per heavy atom. The number of halogens is 10. The Bertz CT molecular complexity index is 1530. The first kappa shape index (κ1) is 32.9. The molecule has 238 valence electrons. The summed E-state index contributed by atoms with van der Waals surface area (Å²) in [6.45, 7) is 3.95. The molecule has 4 nitrogen and oxygen atoms in total. The van der Waals surface area contributed by atoms with Crippen LogP contribution in [0.1, 0.15) is 66.2 Å². The van der Waals surface area contributed by atoms with Crippen molar-refractivity contribution in [1.82, 2.24) is 4.90 Å². The van der Waals surface area contributed by atoms with E-state index in [2.05, 4.69) is 0 Å². The molecule has 44 heavy (non-hydrogen) atoms. The highest BCUT2D eigenvalue weighted by atomic mass is 19.4. The molecule has 3 aromatic rings. The van der Waals surface area contributed by atoms with Gasteiger partial charge in [0.1, 0.15) is 17.7 Å². The van der Waals surface area contributed by atoms with Gasteiger partial charge in [-0.15, -0.1) is 0 Å². The number of hydrogen-bond donors (Lipinski definition) is 0. The molecule has 0 N–H and O–H groups in total. The lowest BCUT2D eigenvalue weighted by Gasteiger charge is -2.25. The average molecular weight is 638 g/mol. The molecule has 0 aliphatic carbocycles. The van der Waals surface area contributed by atoms with Gasteiger partial charge in [-0.1, -0.05) is 19.9 Å². The normalized spacial score (nSPS) is 17.8. The van der Waals surface area contributed by atoms with Crippen LogP contribution in [0.2, 0.25) is 0 Å². The van der Waals surface area contributed by atoms with Crippen LogP contribution in [0.3, 0.4) is 0 Å². The minimum absolute atomic E-state index is 0.0367. The standard InChI is InChI=1S/C30H25F10NO3/c1-14(2)21-11-22(25(43-4)12-24(21)31)20-6-5-17(28(32,33)34)10-23(20)26-15(3)41(27(42)44-26)13-16-7-18(29(35,36)37)9-19(8-16)30(38,39)40/h5-12,14-15,26H,13H2,1-4H3/t15-,26-/m0/s1. The Kier molecular flexibility index (Phi) is 8.62. The number of rotatable bonds is 6. The Balaban J connectivity index is 1.83. The van der Waals surface area contributed by atoms with E-state index >= 15 is 0 Å². The summed E-state index contributed by atoms with van der Waals surface area (Å²) in [4.78, 5) is 13.8. The predicted molar refractivity (Wildman–Crippen MR) is 138 cm³/mol. The van der Waals surface area contributed by atoms with E-state index < -0.39 is 71.4 Å². The number of hydrogen-bond acceptors (Lipinski definition) is 3. The molecule has 2 atom stereocenters. The lowest BCUT2D eigenvalue weighted by Crippen LogP contribution is -2.31. The zero-order chi connectivity index (χ0) is 32.9. The van der Waals surface area contributed by atoms with Crippen LogP contribution in [0.5, 0.6) is 5.75 Å². The average Bonchev–Trinajstić information content (AvgIpc) is 3.19. The Morgan fingerprint density at radius 2 is 1.39 bits per heavy atom. The van der Waals surface area contributed by atoms with E-state index in [1.807, 2.05) is 0 Å². The van der Waals surface area contributed by atoms with Gasteiger partial charge in [-0.25, -0.2) is 9.18 Å². The summed E-state index contributed by atoms with van der Waals surface area (Å²) in [5.74, 6) is -1.00. The number of benzene rings is 3. The van der Waals surface area contributed by atoms with Gasteiger partial charge in [-0.05, 0) is 65.9 Å². The zero-order valence-electron chi connectivity index (χ0n) is 23.5. The van der Waals surface area contributed by atoms with Crippen LogP contribution in [0.25, 0.3) is 11.1 Å². The second-order valence-corrected chi connectivity index (χ2v) is 10.6. The molecule has 3 aromatic carbocycles. The number of carbonyl (C=O) groups excluding carboxylic acids is 1. The second-order valence-electron chi connectivity index (χ2n) is 10.6. The van der Waals surface area contributed by atoms with Crippen molar-refractivity contribution in [2.45, 2.75) is 63.9 Å². The van der Waals surface area contributed by atoms with E-state index in [0.717, 1.165) is 29.2 Å². The lowest BCUT2D eigenvalue weighted by molar-refractivity contribution is -0.143. The highest BCUT2D eigenvalue weighted by Gasteiger charge is 2.43. The summed E-state index contributed by atoms with van der Waals surface area (Å²) >= 11 is 0. The molecule has 14 heteroatoms. The molecule has 0 bridgehead atoms. The first-order valence-electron chi connectivity index (χ1n) is 13.1. The van der Waals surface area contributed by atoms with Crippen molar-refractivity contribution in [3.63, 3.8) is 0 Å². The van der Waals surface area contributed by atoms with Crippen molar-refractivity contribution in [1.29, 1.82) is 0 Å². The van der Waals surface area contributed by atoms with Crippen molar-refractivity contribution < 1.29 is 58.2 Å². The maximum absolute atomic E-state index is 14.7. The summed E-state index contributed by atoms with van der Waals surface area (Å²) < 4.78 is 147. The SMILES string of the molecule is COc1cc(F)c(C(C)C)cc1-c1ccc(C(F)(F)F)cc1[C@H]1OC(=O)N(Cc2cc(C(F)(F)F)cc(C(F)(F)F)c2)[C@H]1C. The monoisotopic (exact) mass is 637 g/mol. The first-order chi connectivity index (χ1) is 20.2. The van der Waals surface area contributed by atoms with Gasteiger partial charge in [0, 0.05) is 23.7 Å². The molecule has 0 aromatic heterocycles. The number of nitrogens with zero attached hydrogens (tertiary/aromatic N) is 1. The van der Waals surface area contributed by atoms with E-state index in [1.165, 1.54) is 20.1 Å². The van der Waals surface area contributed by atoms with Crippen LogP contribution < -0.4 is 4.74 Å². The van der Waals surface area contributed by atoms with Gasteiger partial charge in [-0.3, -0.25) is 4.90 Å². The third-order valence-corrected chi connectivity index (χ3v) is 7.31. The molecule has 4 rings (SSSR count). The smallest absolute Gasteiger partial charge is 0.416 e. The maximum Gasteiger partial charge on any atom is 0.416 e. The molecule has 0 radical (unpaired) electrons. The number of amides is 1. The van der Waals surface area contributed by atoms with Crippen molar-refractivity contribution in [2.24, 2.45) is 0 Å². The van der Waals surface area contributed by atoms with Crippen LogP contribution in [0, 0.1) is 5.82 Å². The van der Waals surface area contributed by atoms with Gasteiger partial charge >= 0.3 is 24.6 Å². The molecule has 1 amide bonds. The molecular weight excluding hydrogens is 612 g/mol. The summed E-state index contributed by atoms with van der Waals surface area (Å²) in [7, 11) is 1.22. The Labute approximate surface area is 245 Å². The Hall–Kier alpha value is -3.97. The van der Waals surface area contributed by atoms with Gasteiger partial charge in [-0.2, -0.15) is 39.5 Å². The largest absolute Gasteiger partial charge is 0.496 e. The fraction of sp³-hybridized carbons (Fsp3) is 0.367. The van der Waals surface area contributed by atoms with Crippen LogP contribution in [-0.2, 0) is 29.8 Å². The lowest BCUT2D eigenvalue weighted by atomic mass is 9.89. The number of carbonyl (C=O) groups is 1. The van der Waals surface area contributed by atoms with Crippen molar-refractivity contribution in [3.8, 4) is 16.9 Å². The highest BCUT2D eigenvalue weighted by molar-refractivity contribution is 5.77. The number of methoxy groups -OCH3 is 1. The minimum atomic E-state index is -5.13. The van der Waals surface area contributed by atoms with Gasteiger partial charge < -0.3 is 9.47 Å². The molecule has 1 fully saturated rings. The zero-order valence-corrected chi connectivity index (χ0v) is 23.5. The summed E-state index contributed by atoms with van der Waals surface area (Å²) in [5, 5.41) is 0. The molecule has 0 unspecified atom stereocenters. The minimum Gasteiger partial charge on any atom is -0.496 e. The molecule has 0 spiro atoms. The van der Waals surface area contributed by atoms with E-state index in [9.17, 15) is 48.7 Å². The van der Waals surface area contributed by atoms with E-state index in [4.69, 9.17) is 9.47 Å². The van der Waals surface area contributed by atoms with Crippen molar-refractivity contribution >= 4 is 6.09 Å². The molecule has 1 saturated heterocycles. The number of alkyl halides is 9. The van der Waals surface area contributed by atoms with Gasteiger partial charge in [0.05, 0.1) is 29.8 Å². The van der Waals surface area contributed by atoms with Crippen LogP contribution in [0.4, 0.5) is 48.7 Å². The summed E-state index contributed by atoms with van der Waals surface area (Å²) in [6, 6.07) is 4.75. The van der Waals surface area contributed by atoms with E-state index in [0.29, 0.717) is 12.1 Å². The third kappa shape index (κ3) is 6.58. The predicted octanol–water partition coefficient (Wildman–Crippen LogP) is 9.76. The van der Waals surface area contributed by atoms with Crippen molar-refractivity contribution in [3.05, 3.63) is 87.7 Å².